The van der Waals surface area contributed by atoms with Gasteiger partial charge in [0.15, 0.2) is 0 Å². The number of nitrogens with one attached hydrogen (secondary N) is 1. The summed E-state index contributed by atoms with van der Waals surface area (Å²) < 4.78 is 10.6. The van der Waals surface area contributed by atoms with E-state index in [1.165, 1.54) is 12.0 Å². The quantitative estimate of drug-likeness (QED) is 0.918. The molecule has 5 nitrogen and oxygen atoms in total. The molecule has 1 aromatic heterocycles. The smallest absolute Gasteiger partial charge is 0.247 e. The van der Waals surface area contributed by atoms with E-state index < -0.39 is 0 Å². The average molecular weight is 259 g/mol. The molecule has 1 N–H and O–H groups in total. The standard InChI is InChI=1S/C14H17N3O2/c1-10-8-11(14-17-15-9-19-14)2-3-13(10)16-12-4-6-18-7-5-12/h2-3,8-9,12,16H,4-7H2,1H3. The van der Waals surface area contributed by atoms with Crippen LogP contribution in [0.15, 0.2) is 29.0 Å². The second-order valence-corrected chi connectivity index (χ2v) is 4.80. The molecule has 0 atom stereocenters. The van der Waals surface area contributed by atoms with Crippen molar-refractivity contribution in [3.8, 4) is 11.5 Å². The molecule has 0 unspecified atom stereocenters. The lowest BCUT2D eigenvalue weighted by atomic mass is 10.1. The lowest BCUT2D eigenvalue weighted by Gasteiger charge is -2.25. The Bertz CT molecular complexity index is 534. The summed E-state index contributed by atoms with van der Waals surface area (Å²) in [5, 5.41) is 11.2. The van der Waals surface area contributed by atoms with E-state index in [0.29, 0.717) is 11.9 Å². The van der Waals surface area contributed by atoms with E-state index >= 15 is 0 Å². The molecule has 0 spiro atoms. The van der Waals surface area contributed by atoms with Crippen LogP contribution in [-0.2, 0) is 4.74 Å². The largest absolute Gasteiger partial charge is 0.423 e. The van der Waals surface area contributed by atoms with Crippen molar-refractivity contribution in [1.29, 1.82) is 0 Å². The zero-order valence-corrected chi connectivity index (χ0v) is 10.9. The molecule has 0 aliphatic carbocycles. The van der Waals surface area contributed by atoms with Crippen molar-refractivity contribution in [2.45, 2.75) is 25.8 Å². The van der Waals surface area contributed by atoms with Crippen LogP contribution in [0, 0.1) is 6.92 Å². The number of aromatic nitrogens is 2. The molecule has 1 aliphatic rings. The molecular weight excluding hydrogens is 242 g/mol. The lowest BCUT2D eigenvalue weighted by Crippen LogP contribution is -2.28. The predicted molar refractivity (Wildman–Crippen MR) is 71.9 cm³/mol. The summed E-state index contributed by atoms with van der Waals surface area (Å²) in [5.41, 5.74) is 3.30. The zero-order valence-electron chi connectivity index (χ0n) is 10.9. The van der Waals surface area contributed by atoms with Crippen LogP contribution in [0.25, 0.3) is 11.5 Å². The summed E-state index contributed by atoms with van der Waals surface area (Å²) in [4.78, 5) is 0. The number of anilines is 1. The van der Waals surface area contributed by atoms with E-state index in [1.807, 2.05) is 6.07 Å². The molecular formula is C14H17N3O2. The first-order valence-electron chi connectivity index (χ1n) is 6.54. The number of aryl methyl sites for hydroxylation is 1. The fraction of sp³-hybridized carbons (Fsp3) is 0.429. The van der Waals surface area contributed by atoms with Crippen LogP contribution in [0.4, 0.5) is 5.69 Å². The van der Waals surface area contributed by atoms with Gasteiger partial charge in [-0.25, -0.2) is 0 Å². The molecule has 2 aromatic rings. The third-order valence-corrected chi connectivity index (χ3v) is 3.41. The van der Waals surface area contributed by atoms with Gasteiger partial charge in [0.2, 0.25) is 12.3 Å². The summed E-state index contributed by atoms with van der Waals surface area (Å²) >= 11 is 0. The van der Waals surface area contributed by atoms with Gasteiger partial charge in [-0.2, -0.15) is 0 Å². The minimum absolute atomic E-state index is 0.502. The highest BCUT2D eigenvalue weighted by atomic mass is 16.5. The van der Waals surface area contributed by atoms with Gasteiger partial charge < -0.3 is 14.5 Å². The van der Waals surface area contributed by atoms with Crippen LogP contribution in [0.2, 0.25) is 0 Å². The molecule has 19 heavy (non-hydrogen) atoms. The van der Waals surface area contributed by atoms with Crippen molar-refractivity contribution >= 4 is 5.69 Å². The molecule has 1 saturated heterocycles. The maximum absolute atomic E-state index is 5.37. The summed E-state index contributed by atoms with van der Waals surface area (Å²) in [6, 6.07) is 6.64. The number of nitrogens with zero attached hydrogens (tertiary/aromatic N) is 2. The van der Waals surface area contributed by atoms with Crippen molar-refractivity contribution in [1.82, 2.24) is 10.2 Å². The van der Waals surface area contributed by atoms with E-state index in [4.69, 9.17) is 9.15 Å². The monoisotopic (exact) mass is 259 g/mol. The predicted octanol–water partition coefficient (Wildman–Crippen LogP) is 2.64. The van der Waals surface area contributed by atoms with Gasteiger partial charge >= 0.3 is 0 Å². The Morgan fingerprint density at radius 2 is 2.11 bits per heavy atom. The number of ether oxygens (including phenoxy) is 1. The first-order chi connectivity index (χ1) is 9.33. The molecule has 0 radical (unpaired) electrons. The second-order valence-electron chi connectivity index (χ2n) is 4.80. The second kappa shape index (κ2) is 5.40. The van der Waals surface area contributed by atoms with Crippen LogP contribution in [-0.4, -0.2) is 29.5 Å². The Balaban J connectivity index is 1.76. The molecule has 0 bridgehead atoms. The number of rotatable bonds is 3. The maximum atomic E-state index is 5.37. The highest BCUT2D eigenvalue weighted by molar-refractivity contribution is 5.62. The highest BCUT2D eigenvalue weighted by Crippen LogP contribution is 2.24. The molecule has 2 heterocycles. The molecule has 100 valence electrons. The van der Waals surface area contributed by atoms with E-state index in [9.17, 15) is 0 Å². The Kier molecular flexibility index (Phi) is 3.46. The molecule has 1 fully saturated rings. The normalized spacial score (nSPS) is 16.5. The Labute approximate surface area is 112 Å². The van der Waals surface area contributed by atoms with E-state index in [-0.39, 0.29) is 0 Å². The van der Waals surface area contributed by atoms with Gasteiger partial charge in [-0.1, -0.05) is 0 Å². The summed E-state index contributed by atoms with van der Waals surface area (Å²) in [5.74, 6) is 0.556. The van der Waals surface area contributed by atoms with Gasteiger partial charge in [-0.3, -0.25) is 0 Å². The SMILES string of the molecule is Cc1cc(-c2nnco2)ccc1NC1CCOCC1. The fourth-order valence-corrected chi connectivity index (χ4v) is 2.32. The van der Waals surface area contributed by atoms with Crippen LogP contribution in [0.3, 0.4) is 0 Å². The first-order valence-corrected chi connectivity index (χ1v) is 6.54. The first kappa shape index (κ1) is 12.2. The summed E-state index contributed by atoms with van der Waals surface area (Å²) in [6.45, 7) is 3.77. The molecule has 1 aromatic carbocycles. The van der Waals surface area contributed by atoms with Crippen LogP contribution < -0.4 is 5.32 Å². The zero-order chi connectivity index (χ0) is 13.1. The topological polar surface area (TPSA) is 60.2 Å². The molecule has 5 heteroatoms. The third-order valence-electron chi connectivity index (χ3n) is 3.41. The molecule has 3 rings (SSSR count). The Hall–Kier alpha value is -1.88. The average Bonchev–Trinajstić information content (AvgIpc) is 2.96. The van der Waals surface area contributed by atoms with Gasteiger partial charge in [-0.05, 0) is 43.5 Å². The fourth-order valence-electron chi connectivity index (χ4n) is 2.32. The highest BCUT2D eigenvalue weighted by Gasteiger charge is 2.14. The van der Waals surface area contributed by atoms with E-state index in [0.717, 1.165) is 37.3 Å². The number of benzene rings is 1. The van der Waals surface area contributed by atoms with Crippen LogP contribution in [0.5, 0.6) is 0 Å². The van der Waals surface area contributed by atoms with Crippen molar-refractivity contribution in [2.75, 3.05) is 18.5 Å². The van der Waals surface area contributed by atoms with Gasteiger partial charge in [-0.15, -0.1) is 10.2 Å². The Morgan fingerprint density at radius 1 is 1.26 bits per heavy atom. The lowest BCUT2D eigenvalue weighted by molar-refractivity contribution is 0.0904. The number of hydrogen-bond acceptors (Lipinski definition) is 5. The minimum Gasteiger partial charge on any atom is -0.423 e. The van der Waals surface area contributed by atoms with Crippen LogP contribution >= 0.6 is 0 Å². The Morgan fingerprint density at radius 3 is 2.79 bits per heavy atom. The van der Waals surface area contributed by atoms with Gasteiger partial charge in [0.05, 0.1) is 0 Å². The van der Waals surface area contributed by atoms with Crippen molar-refractivity contribution in [2.24, 2.45) is 0 Å². The van der Waals surface area contributed by atoms with Gasteiger partial charge in [0.1, 0.15) is 0 Å². The molecule has 0 amide bonds. The van der Waals surface area contributed by atoms with E-state index in [2.05, 4.69) is 34.6 Å². The third kappa shape index (κ3) is 2.76. The van der Waals surface area contributed by atoms with Gasteiger partial charge in [0.25, 0.3) is 0 Å². The van der Waals surface area contributed by atoms with Gasteiger partial charge in [0, 0.05) is 30.5 Å². The van der Waals surface area contributed by atoms with Crippen molar-refractivity contribution in [3.63, 3.8) is 0 Å². The molecule has 0 saturated carbocycles. The minimum atomic E-state index is 0.502. The maximum Gasteiger partial charge on any atom is 0.247 e. The van der Waals surface area contributed by atoms with Crippen LogP contribution in [0.1, 0.15) is 18.4 Å². The summed E-state index contributed by atoms with van der Waals surface area (Å²) in [7, 11) is 0. The molecule has 1 aliphatic heterocycles. The van der Waals surface area contributed by atoms with E-state index in [1.54, 1.807) is 0 Å². The number of hydrogen-bond donors (Lipinski definition) is 1. The summed E-state index contributed by atoms with van der Waals surface area (Å²) in [6.07, 6.45) is 3.47. The van der Waals surface area contributed by atoms with Crippen molar-refractivity contribution in [3.05, 3.63) is 30.2 Å². The van der Waals surface area contributed by atoms with Crippen molar-refractivity contribution < 1.29 is 9.15 Å².